The minimum absolute atomic E-state index is 0.349. The molecule has 94 valence electrons. The van der Waals surface area contributed by atoms with Gasteiger partial charge in [-0.1, -0.05) is 6.92 Å². The fourth-order valence-electron chi connectivity index (χ4n) is 3.11. The molecule has 0 saturated carbocycles. The molecule has 1 aliphatic carbocycles. The summed E-state index contributed by atoms with van der Waals surface area (Å²) in [4.78, 5) is 11.3. The zero-order chi connectivity index (χ0) is 12.9. The summed E-state index contributed by atoms with van der Waals surface area (Å²) < 4.78 is 2.27. The Hall–Kier alpha value is -1.77. The molecule has 0 aliphatic heterocycles. The Morgan fingerprint density at radius 1 is 1.44 bits per heavy atom. The van der Waals surface area contributed by atoms with Crippen LogP contribution in [0.3, 0.4) is 0 Å². The van der Waals surface area contributed by atoms with Crippen LogP contribution < -0.4 is 5.73 Å². The Morgan fingerprint density at radius 2 is 2.22 bits per heavy atom. The first-order chi connectivity index (χ1) is 8.58. The van der Waals surface area contributed by atoms with Crippen LogP contribution in [0.5, 0.6) is 0 Å². The van der Waals surface area contributed by atoms with Crippen LogP contribution in [0.15, 0.2) is 18.2 Å². The van der Waals surface area contributed by atoms with Gasteiger partial charge >= 0.3 is 0 Å². The van der Waals surface area contributed by atoms with Gasteiger partial charge in [0, 0.05) is 29.2 Å². The maximum atomic E-state index is 11.3. The van der Waals surface area contributed by atoms with Crippen LogP contribution in [0, 0.1) is 5.92 Å². The number of rotatable bonds is 1. The van der Waals surface area contributed by atoms with E-state index in [0.717, 1.165) is 18.8 Å². The lowest BCUT2D eigenvalue weighted by Crippen LogP contribution is -2.12. The second-order valence-corrected chi connectivity index (χ2v) is 5.43. The van der Waals surface area contributed by atoms with Crippen molar-refractivity contribution in [1.82, 2.24) is 4.57 Å². The first-order valence-corrected chi connectivity index (χ1v) is 6.48. The van der Waals surface area contributed by atoms with Gasteiger partial charge in [0.15, 0.2) is 0 Å². The number of nitrogens with two attached hydrogens (primary N) is 1. The van der Waals surface area contributed by atoms with Gasteiger partial charge in [-0.15, -0.1) is 0 Å². The molecule has 0 spiro atoms. The Kier molecular flexibility index (Phi) is 2.44. The van der Waals surface area contributed by atoms with E-state index in [1.54, 1.807) is 0 Å². The van der Waals surface area contributed by atoms with Crippen LogP contribution in [0.1, 0.15) is 35.0 Å². The number of carbonyl (C=O) groups excluding carboxylic acids is 1. The minimum Gasteiger partial charge on any atom is -0.366 e. The van der Waals surface area contributed by atoms with Crippen molar-refractivity contribution in [2.24, 2.45) is 18.7 Å². The van der Waals surface area contributed by atoms with E-state index < -0.39 is 0 Å². The van der Waals surface area contributed by atoms with Gasteiger partial charge in [0.25, 0.3) is 0 Å². The average molecular weight is 242 g/mol. The van der Waals surface area contributed by atoms with Gasteiger partial charge in [-0.05, 0) is 48.9 Å². The van der Waals surface area contributed by atoms with Gasteiger partial charge in [0.2, 0.25) is 5.91 Å². The highest BCUT2D eigenvalue weighted by Gasteiger charge is 2.22. The Balaban J connectivity index is 2.28. The molecule has 1 unspecified atom stereocenters. The predicted molar refractivity (Wildman–Crippen MR) is 72.6 cm³/mol. The van der Waals surface area contributed by atoms with Crippen molar-refractivity contribution in [2.45, 2.75) is 26.2 Å². The SMILES string of the molecule is CC1CCc2c(c3cc(C(N)=O)ccc3n2C)C1. The number of carbonyl (C=O) groups is 1. The van der Waals surface area contributed by atoms with E-state index in [1.165, 1.54) is 28.6 Å². The Labute approximate surface area is 107 Å². The van der Waals surface area contributed by atoms with Gasteiger partial charge in [-0.2, -0.15) is 0 Å². The van der Waals surface area contributed by atoms with Crippen LogP contribution in [-0.4, -0.2) is 10.5 Å². The van der Waals surface area contributed by atoms with E-state index in [2.05, 4.69) is 18.5 Å². The third-order valence-corrected chi connectivity index (χ3v) is 4.15. The molecule has 0 bridgehead atoms. The molecule has 2 N–H and O–H groups in total. The average Bonchev–Trinajstić information content (AvgIpc) is 2.62. The fourth-order valence-corrected chi connectivity index (χ4v) is 3.11. The van der Waals surface area contributed by atoms with Gasteiger partial charge in [0.05, 0.1) is 0 Å². The molecule has 1 aromatic heterocycles. The number of aryl methyl sites for hydroxylation is 1. The van der Waals surface area contributed by atoms with Gasteiger partial charge in [-0.25, -0.2) is 0 Å². The van der Waals surface area contributed by atoms with E-state index >= 15 is 0 Å². The number of amides is 1. The lowest BCUT2D eigenvalue weighted by molar-refractivity contribution is 0.100. The van der Waals surface area contributed by atoms with Crippen molar-refractivity contribution in [3.63, 3.8) is 0 Å². The third-order valence-electron chi connectivity index (χ3n) is 4.15. The molecule has 1 aliphatic rings. The molecule has 18 heavy (non-hydrogen) atoms. The maximum Gasteiger partial charge on any atom is 0.248 e. The molecule has 0 saturated heterocycles. The Morgan fingerprint density at radius 3 is 2.94 bits per heavy atom. The number of primary amides is 1. The van der Waals surface area contributed by atoms with Crippen molar-refractivity contribution in [3.8, 4) is 0 Å². The highest BCUT2D eigenvalue weighted by molar-refractivity contribution is 5.98. The molecule has 3 rings (SSSR count). The summed E-state index contributed by atoms with van der Waals surface area (Å²) in [6.45, 7) is 2.29. The van der Waals surface area contributed by atoms with Crippen LogP contribution in [0.25, 0.3) is 10.9 Å². The highest BCUT2D eigenvalue weighted by atomic mass is 16.1. The van der Waals surface area contributed by atoms with E-state index in [-0.39, 0.29) is 5.91 Å². The number of benzene rings is 1. The molecule has 3 heteroatoms. The first-order valence-electron chi connectivity index (χ1n) is 6.48. The van der Waals surface area contributed by atoms with Crippen molar-refractivity contribution >= 4 is 16.8 Å². The van der Waals surface area contributed by atoms with E-state index in [0.29, 0.717) is 5.56 Å². The maximum absolute atomic E-state index is 11.3. The molecule has 0 radical (unpaired) electrons. The summed E-state index contributed by atoms with van der Waals surface area (Å²) in [6.07, 6.45) is 3.49. The summed E-state index contributed by atoms with van der Waals surface area (Å²) in [7, 11) is 2.11. The normalized spacial score (nSPS) is 18.9. The van der Waals surface area contributed by atoms with E-state index in [9.17, 15) is 4.79 Å². The third kappa shape index (κ3) is 1.54. The highest BCUT2D eigenvalue weighted by Crippen LogP contribution is 2.33. The van der Waals surface area contributed by atoms with Crippen LogP contribution in [0.2, 0.25) is 0 Å². The molecule has 1 atom stereocenters. The zero-order valence-corrected chi connectivity index (χ0v) is 10.9. The molecule has 1 heterocycles. The van der Waals surface area contributed by atoms with Gasteiger partial charge < -0.3 is 10.3 Å². The predicted octanol–water partition coefficient (Wildman–Crippen LogP) is 2.40. The lowest BCUT2D eigenvalue weighted by atomic mass is 9.87. The standard InChI is InChI=1S/C15H18N2O/c1-9-3-5-13-11(7-9)12-8-10(15(16)18)4-6-14(12)17(13)2/h4,6,8-9H,3,5,7H2,1-2H3,(H2,16,18). The summed E-state index contributed by atoms with van der Waals surface area (Å²) >= 11 is 0. The molecule has 3 nitrogen and oxygen atoms in total. The molecule has 1 amide bonds. The van der Waals surface area contributed by atoms with Gasteiger partial charge in [0.1, 0.15) is 0 Å². The molecular weight excluding hydrogens is 224 g/mol. The largest absolute Gasteiger partial charge is 0.366 e. The molecule has 2 aromatic rings. The second-order valence-electron chi connectivity index (χ2n) is 5.43. The number of fused-ring (bicyclic) bond motifs is 3. The number of hydrogen-bond donors (Lipinski definition) is 1. The molecular formula is C15H18N2O. The van der Waals surface area contributed by atoms with E-state index in [1.807, 2.05) is 18.2 Å². The monoisotopic (exact) mass is 242 g/mol. The quantitative estimate of drug-likeness (QED) is 0.820. The topological polar surface area (TPSA) is 48.0 Å². The van der Waals surface area contributed by atoms with Crippen LogP contribution >= 0.6 is 0 Å². The first kappa shape index (κ1) is 11.3. The number of nitrogens with zero attached hydrogens (tertiary/aromatic N) is 1. The van der Waals surface area contributed by atoms with Crippen molar-refractivity contribution in [1.29, 1.82) is 0 Å². The molecule has 0 fully saturated rings. The summed E-state index contributed by atoms with van der Waals surface area (Å²) in [5.74, 6) is 0.374. The number of hydrogen-bond acceptors (Lipinski definition) is 1. The van der Waals surface area contributed by atoms with Crippen LogP contribution in [0.4, 0.5) is 0 Å². The van der Waals surface area contributed by atoms with Crippen LogP contribution in [-0.2, 0) is 19.9 Å². The summed E-state index contributed by atoms with van der Waals surface area (Å²) in [6, 6.07) is 5.78. The Bertz CT molecular complexity index is 639. The summed E-state index contributed by atoms with van der Waals surface area (Å²) in [5.41, 5.74) is 10.0. The number of aromatic nitrogens is 1. The minimum atomic E-state index is -0.349. The van der Waals surface area contributed by atoms with Crippen molar-refractivity contribution < 1.29 is 4.79 Å². The fraction of sp³-hybridized carbons (Fsp3) is 0.400. The van der Waals surface area contributed by atoms with E-state index in [4.69, 9.17) is 5.73 Å². The van der Waals surface area contributed by atoms with Gasteiger partial charge in [-0.3, -0.25) is 4.79 Å². The lowest BCUT2D eigenvalue weighted by Gasteiger charge is -2.19. The zero-order valence-electron chi connectivity index (χ0n) is 10.9. The smallest absolute Gasteiger partial charge is 0.248 e. The molecule has 1 aromatic carbocycles. The van der Waals surface area contributed by atoms with Crippen molar-refractivity contribution in [2.75, 3.05) is 0 Å². The summed E-state index contributed by atoms with van der Waals surface area (Å²) in [5, 5.41) is 1.20. The van der Waals surface area contributed by atoms with Crippen molar-refractivity contribution in [3.05, 3.63) is 35.0 Å². The second kappa shape index (κ2) is 3.87.